The molecule has 1 aliphatic rings. The Morgan fingerprint density at radius 1 is 1.50 bits per heavy atom. The summed E-state index contributed by atoms with van der Waals surface area (Å²) in [5.41, 5.74) is 0. The van der Waals surface area contributed by atoms with E-state index in [4.69, 9.17) is 9.26 Å². The van der Waals surface area contributed by atoms with Gasteiger partial charge in [-0.3, -0.25) is 9.69 Å². The minimum atomic E-state index is -0.525. The fraction of sp³-hybridized carbons (Fsp3) is 0.769. The van der Waals surface area contributed by atoms with Crippen LogP contribution in [0.5, 0.6) is 0 Å². The minimum Gasteiger partial charge on any atom is -0.465 e. The monoisotopic (exact) mass is 282 g/mol. The summed E-state index contributed by atoms with van der Waals surface area (Å²) >= 11 is 0. The molecule has 0 bridgehead atoms. The Bertz CT molecular complexity index is 462. The Kier molecular flexibility index (Phi) is 4.72. The molecule has 0 saturated carbocycles. The van der Waals surface area contributed by atoms with Crippen LogP contribution in [0.25, 0.3) is 0 Å². The van der Waals surface area contributed by atoms with Crippen LogP contribution in [0.2, 0.25) is 0 Å². The third kappa shape index (κ3) is 3.16. The van der Waals surface area contributed by atoms with Crippen molar-refractivity contribution in [2.24, 2.45) is 0 Å². The zero-order valence-corrected chi connectivity index (χ0v) is 12.5. The molecule has 0 spiro atoms. The number of rotatable bonds is 4. The summed E-state index contributed by atoms with van der Waals surface area (Å²) < 4.78 is 10.2. The van der Waals surface area contributed by atoms with Crippen molar-refractivity contribution in [2.75, 3.05) is 40.3 Å². The number of nitrogens with zero attached hydrogens (tertiary/aromatic N) is 4. The Morgan fingerprint density at radius 3 is 2.95 bits per heavy atom. The molecule has 1 fully saturated rings. The molecule has 0 aromatic carbocycles. The summed E-state index contributed by atoms with van der Waals surface area (Å²) in [4.78, 5) is 20.5. The van der Waals surface area contributed by atoms with Crippen molar-refractivity contribution in [2.45, 2.75) is 25.8 Å². The van der Waals surface area contributed by atoms with E-state index in [1.54, 1.807) is 13.8 Å². The van der Waals surface area contributed by atoms with Gasteiger partial charge in [0.25, 0.3) is 0 Å². The van der Waals surface area contributed by atoms with E-state index in [1.807, 2.05) is 7.05 Å². The number of esters is 1. The Morgan fingerprint density at radius 2 is 2.25 bits per heavy atom. The van der Waals surface area contributed by atoms with Gasteiger partial charge in [0.2, 0.25) is 5.89 Å². The second-order valence-corrected chi connectivity index (χ2v) is 5.22. The molecule has 1 aliphatic heterocycles. The lowest BCUT2D eigenvalue weighted by molar-refractivity contribution is -0.145. The van der Waals surface area contributed by atoms with Crippen LogP contribution in [0.1, 0.15) is 37.5 Å². The van der Waals surface area contributed by atoms with Crippen molar-refractivity contribution in [1.82, 2.24) is 19.9 Å². The Balaban J connectivity index is 2.10. The van der Waals surface area contributed by atoms with Gasteiger partial charge in [-0.25, -0.2) is 0 Å². The van der Waals surface area contributed by atoms with E-state index in [9.17, 15) is 4.79 Å². The highest BCUT2D eigenvalue weighted by Crippen LogP contribution is 2.23. The maximum absolute atomic E-state index is 11.7. The predicted octanol–water partition coefficient (Wildman–Crippen LogP) is 0.655. The van der Waals surface area contributed by atoms with Gasteiger partial charge in [0.1, 0.15) is 5.92 Å². The number of hydrogen-bond acceptors (Lipinski definition) is 7. The number of ether oxygens (including phenoxy) is 1. The van der Waals surface area contributed by atoms with Gasteiger partial charge in [-0.05, 0) is 27.9 Å². The number of aromatic nitrogens is 2. The first kappa shape index (κ1) is 14.9. The topological polar surface area (TPSA) is 71.7 Å². The van der Waals surface area contributed by atoms with Crippen molar-refractivity contribution >= 4 is 5.97 Å². The molecule has 0 radical (unpaired) electrons. The molecule has 2 heterocycles. The summed E-state index contributed by atoms with van der Waals surface area (Å²) in [5, 5.41) is 4.03. The van der Waals surface area contributed by atoms with Gasteiger partial charge in [0, 0.05) is 19.6 Å². The second kappa shape index (κ2) is 6.32. The quantitative estimate of drug-likeness (QED) is 0.751. The lowest BCUT2D eigenvalue weighted by Crippen LogP contribution is -2.45. The van der Waals surface area contributed by atoms with Crippen LogP contribution in [-0.4, -0.2) is 66.2 Å². The van der Waals surface area contributed by atoms with Gasteiger partial charge < -0.3 is 14.2 Å². The van der Waals surface area contributed by atoms with E-state index >= 15 is 0 Å². The van der Waals surface area contributed by atoms with Crippen LogP contribution in [0, 0.1) is 0 Å². The molecule has 7 nitrogen and oxygen atoms in total. The molecule has 7 heteroatoms. The number of carbonyl (C=O) groups excluding carboxylic acids is 1. The predicted molar refractivity (Wildman–Crippen MR) is 72.2 cm³/mol. The van der Waals surface area contributed by atoms with E-state index in [2.05, 4.69) is 27.0 Å². The largest absolute Gasteiger partial charge is 0.465 e. The van der Waals surface area contributed by atoms with Gasteiger partial charge in [0.15, 0.2) is 5.82 Å². The maximum Gasteiger partial charge on any atom is 0.318 e. The summed E-state index contributed by atoms with van der Waals surface area (Å²) in [6.07, 6.45) is 0. The van der Waals surface area contributed by atoms with Crippen LogP contribution in [-0.2, 0) is 9.53 Å². The van der Waals surface area contributed by atoms with Gasteiger partial charge in [-0.1, -0.05) is 5.16 Å². The van der Waals surface area contributed by atoms with E-state index < -0.39 is 5.92 Å². The Hall–Kier alpha value is -1.47. The zero-order chi connectivity index (χ0) is 14.7. The van der Waals surface area contributed by atoms with Crippen molar-refractivity contribution in [3.63, 3.8) is 0 Å². The average molecular weight is 282 g/mol. The standard InChI is InChI=1S/C13H22N4O3/c1-5-19-13(18)9(2)12-14-11(15-20-12)10-8-16(3)6-7-17(10)4/h9-10H,5-8H2,1-4H3. The average Bonchev–Trinajstić information content (AvgIpc) is 2.90. The molecule has 2 unspecified atom stereocenters. The number of carbonyl (C=O) groups is 1. The molecule has 0 amide bonds. The zero-order valence-electron chi connectivity index (χ0n) is 12.5. The third-order valence-corrected chi connectivity index (χ3v) is 3.62. The van der Waals surface area contributed by atoms with Crippen LogP contribution in [0.15, 0.2) is 4.52 Å². The molecule has 1 aromatic heterocycles. The van der Waals surface area contributed by atoms with Crippen molar-refractivity contribution < 1.29 is 14.1 Å². The highest BCUT2D eigenvalue weighted by Gasteiger charge is 2.30. The second-order valence-electron chi connectivity index (χ2n) is 5.22. The number of likely N-dealkylation sites (N-methyl/N-ethyl adjacent to an activating group) is 2. The molecule has 2 atom stereocenters. The summed E-state index contributed by atoms with van der Waals surface area (Å²) in [5.74, 6) is 0.0879. The van der Waals surface area contributed by atoms with E-state index in [0.29, 0.717) is 18.3 Å². The molecular formula is C13H22N4O3. The first-order valence-corrected chi connectivity index (χ1v) is 6.91. The molecule has 0 N–H and O–H groups in total. The molecular weight excluding hydrogens is 260 g/mol. The maximum atomic E-state index is 11.7. The van der Waals surface area contributed by atoms with Crippen LogP contribution >= 0.6 is 0 Å². The molecule has 0 aliphatic carbocycles. The van der Waals surface area contributed by atoms with E-state index in [0.717, 1.165) is 19.6 Å². The first-order valence-electron chi connectivity index (χ1n) is 6.91. The van der Waals surface area contributed by atoms with Gasteiger partial charge >= 0.3 is 5.97 Å². The summed E-state index contributed by atoms with van der Waals surface area (Å²) in [6, 6.07) is 0.0978. The SMILES string of the molecule is CCOC(=O)C(C)c1nc(C2CN(C)CCN2C)no1. The highest BCUT2D eigenvalue weighted by molar-refractivity contribution is 5.76. The summed E-state index contributed by atoms with van der Waals surface area (Å²) in [6.45, 7) is 6.67. The fourth-order valence-electron chi connectivity index (χ4n) is 2.22. The van der Waals surface area contributed by atoms with E-state index in [-0.39, 0.29) is 12.0 Å². The van der Waals surface area contributed by atoms with Gasteiger partial charge in [-0.15, -0.1) is 0 Å². The lowest BCUT2D eigenvalue weighted by Gasteiger charge is -2.35. The van der Waals surface area contributed by atoms with Crippen LogP contribution in [0.3, 0.4) is 0 Å². The van der Waals surface area contributed by atoms with Crippen LogP contribution in [0.4, 0.5) is 0 Å². The van der Waals surface area contributed by atoms with Crippen molar-refractivity contribution in [3.05, 3.63) is 11.7 Å². The van der Waals surface area contributed by atoms with Crippen molar-refractivity contribution in [1.29, 1.82) is 0 Å². The number of hydrogen-bond donors (Lipinski definition) is 0. The normalized spacial score (nSPS) is 22.7. The first-order chi connectivity index (χ1) is 9.52. The smallest absolute Gasteiger partial charge is 0.318 e. The highest BCUT2D eigenvalue weighted by atomic mass is 16.5. The van der Waals surface area contributed by atoms with E-state index in [1.165, 1.54) is 0 Å². The molecule has 20 heavy (non-hydrogen) atoms. The summed E-state index contributed by atoms with van der Waals surface area (Å²) in [7, 11) is 4.12. The van der Waals surface area contributed by atoms with Crippen LogP contribution < -0.4 is 0 Å². The lowest BCUT2D eigenvalue weighted by atomic mass is 10.1. The van der Waals surface area contributed by atoms with Gasteiger partial charge in [0.05, 0.1) is 12.6 Å². The number of piperazine rings is 1. The molecule has 1 aromatic rings. The van der Waals surface area contributed by atoms with Gasteiger partial charge in [-0.2, -0.15) is 4.98 Å². The molecule has 112 valence electrons. The van der Waals surface area contributed by atoms with Crippen molar-refractivity contribution in [3.8, 4) is 0 Å². The minimum absolute atomic E-state index is 0.0978. The fourth-order valence-corrected chi connectivity index (χ4v) is 2.22. The third-order valence-electron chi connectivity index (χ3n) is 3.62. The molecule has 1 saturated heterocycles. The molecule has 2 rings (SSSR count). The Labute approximate surface area is 118 Å².